The molecular formula is C13H25F2N2S+. The molecule has 2 N–H and O–H groups in total. The molecule has 2 fully saturated rings. The van der Waals surface area contributed by atoms with E-state index in [2.05, 4.69) is 30.8 Å². The van der Waals surface area contributed by atoms with E-state index in [1.54, 1.807) is 0 Å². The Morgan fingerprint density at radius 1 is 1.11 bits per heavy atom. The minimum atomic E-state index is -2.55. The second kappa shape index (κ2) is 4.91. The zero-order chi connectivity index (χ0) is 13.4. The van der Waals surface area contributed by atoms with Crippen molar-refractivity contribution in [3.8, 4) is 0 Å². The molecule has 106 valence electrons. The Morgan fingerprint density at radius 2 is 1.72 bits per heavy atom. The molecule has 1 saturated carbocycles. The summed E-state index contributed by atoms with van der Waals surface area (Å²) in [5.41, 5.74) is -0.187. The van der Waals surface area contributed by atoms with Crippen molar-refractivity contribution < 1.29 is 8.78 Å². The number of piperidine rings is 1. The van der Waals surface area contributed by atoms with Gasteiger partial charge in [-0.05, 0) is 58.5 Å². The highest BCUT2D eigenvalue weighted by Gasteiger charge is 2.60. The van der Waals surface area contributed by atoms with Gasteiger partial charge in [0.15, 0.2) is 0 Å². The van der Waals surface area contributed by atoms with Crippen LogP contribution in [0.2, 0.25) is 0 Å². The summed E-state index contributed by atoms with van der Waals surface area (Å²) in [7, 11) is 0. The molecule has 0 aromatic rings. The Kier molecular flexibility index (Phi) is 3.96. The van der Waals surface area contributed by atoms with Crippen LogP contribution in [0.3, 0.4) is 0 Å². The van der Waals surface area contributed by atoms with E-state index in [4.69, 9.17) is 0 Å². The van der Waals surface area contributed by atoms with Gasteiger partial charge in [0, 0.05) is 6.42 Å². The highest BCUT2D eigenvalue weighted by molar-refractivity contribution is 7.77. The van der Waals surface area contributed by atoms with Crippen LogP contribution < -0.4 is 10.0 Å². The van der Waals surface area contributed by atoms with E-state index in [1.165, 1.54) is 0 Å². The van der Waals surface area contributed by atoms with Crippen LogP contribution in [0.5, 0.6) is 0 Å². The van der Waals surface area contributed by atoms with Crippen molar-refractivity contribution in [2.45, 2.75) is 63.2 Å². The Morgan fingerprint density at radius 3 is 2.28 bits per heavy atom. The quantitative estimate of drug-likeness (QED) is 0.598. The van der Waals surface area contributed by atoms with E-state index >= 15 is 0 Å². The standard InChI is InChI=1S/C13H24F2N2S/c1-11(2,3)18-17-10-12(4-5-13(10,14)15)6-8-16-9-7-12/h10,16-17H,4-9H2,1-3H3/p+1/t10-/m0/s1. The van der Waals surface area contributed by atoms with Gasteiger partial charge in [-0.15, -0.1) is 4.72 Å². The molecule has 5 heteroatoms. The van der Waals surface area contributed by atoms with Crippen LogP contribution in [0.1, 0.15) is 46.5 Å². The normalized spacial score (nSPS) is 30.8. The molecule has 1 saturated heterocycles. The molecule has 0 aromatic heterocycles. The molecule has 1 spiro atoms. The SMILES string of the molecule is CC(C)(C)[SH+]N[C@@H]1C(F)(F)CCC12CCNCC2. The van der Waals surface area contributed by atoms with Gasteiger partial charge in [0.05, 0.1) is 11.9 Å². The lowest BCUT2D eigenvalue weighted by Crippen LogP contribution is -2.54. The first-order valence-electron chi connectivity index (χ1n) is 6.81. The van der Waals surface area contributed by atoms with Crippen LogP contribution in [0, 0.1) is 5.41 Å². The molecule has 1 aliphatic heterocycles. The predicted octanol–water partition coefficient (Wildman–Crippen LogP) is 2.27. The van der Waals surface area contributed by atoms with Crippen molar-refractivity contribution in [3.63, 3.8) is 0 Å². The molecular weight excluding hydrogens is 254 g/mol. The van der Waals surface area contributed by atoms with Crippen LogP contribution in [0.4, 0.5) is 8.78 Å². The zero-order valence-corrected chi connectivity index (χ0v) is 12.4. The minimum absolute atomic E-state index is 0.0206. The second-order valence-electron chi connectivity index (χ2n) is 6.72. The van der Waals surface area contributed by atoms with Crippen LogP contribution in [0.25, 0.3) is 0 Å². The number of thiol groups is 1. The lowest BCUT2D eigenvalue weighted by Gasteiger charge is -2.39. The van der Waals surface area contributed by atoms with Gasteiger partial charge >= 0.3 is 0 Å². The summed E-state index contributed by atoms with van der Waals surface area (Å²) in [6.45, 7) is 7.97. The lowest BCUT2D eigenvalue weighted by atomic mass is 9.74. The molecule has 2 nitrogen and oxygen atoms in total. The Hall–Kier alpha value is 0.130. The first-order chi connectivity index (χ1) is 8.25. The molecule has 0 unspecified atom stereocenters. The second-order valence-corrected chi connectivity index (χ2v) is 8.54. The fraction of sp³-hybridized carbons (Fsp3) is 1.00. The summed E-state index contributed by atoms with van der Waals surface area (Å²) in [5, 5.41) is 3.28. The largest absolute Gasteiger partial charge is 0.317 e. The average molecular weight is 279 g/mol. The summed E-state index contributed by atoms with van der Waals surface area (Å²) in [6.07, 6.45) is 2.46. The molecule has 1 aliphatic carbocycles. The van der Waals surface area contributed by atoms with Crippen molar-refractivity contribution in [3.05, 3.63) is 0 Å². The van der Waals surface area contributed by atoms with Gasteiger partial charge in [0.1, 0.15) is 10.8 Å². The Labute approximate surface area is 113 Å². The van der Waals surface area contributed by atoms with Crippen molar-refractivity contribution in [2.75, 3.05) is 13.1 Å². The summed E-state index contributed by atoms with van der Waals surface area (Å²) < 4.78 is 31.4. The highest BCUT2D eigenvalue weighted by Crippen LogP contribution is 2.52. The average Bonchev–Trinajstić information content (AvgIpc) is 2.49. The smallest absolute Gasteiger partial charge is 0.268 e. The van der Waals surface area contributed by atoms with E-state index in [9.17, 15) is 8.78 Å². The van der Waals surface area contributed by atoms with E-state index in [0.717, 1.165) is 37.9 Å². The molecule has 0 radical (unpaired) electrons. The first-order valence-corrected chi connectivity index (χ1v) is 7.71. The van der Waals surface area contributed by atoms with E-state index < -0.39 is 12.0 Å². The summed E-state index contributed by atoms with van der Waals surface area (Å²) in [6, 6.07) is -0.645. The third-order valence-electron chi connectivity index (χ3n) is 4.12. The number of hydrogen-bond donors (Lipinski definition) is 2. The fourth-order valence-corrected chi connectivity index (χ4v) is 4.08. The first kappa shape index (κ1) is 14.5. The lowest BCUT2D eigenvalue weighted by molar-refractivity contribution is -0.0343. The van der Waals surface area contributed by atoms with Crippen LogP contribution >= 0.6 is 0 Å². The highest BCUT2D eigenvalue weighted by atomic mass is 32.2. The topological polar surface area (TPSA) is 24.1 Å². The van der Waals surface area contributed by atoms with Crippen molar-refractivity contribution in [1.82, 2.24) is 10.0 Å². The number of halogens is 2. The van der Waals surface area contributed by atoms with Crippen LogP contribution in [0.15, 0.2) is 0 Å². The third kappa shape index (κ3) is 2.99. The number of hydrogen-bond acceptors (Lipinski definition) is 2. The van der Waals surface area contributed by atoms with Gasteiger partial charge in [0.2, 0.25) is 0 Å². The molecule has 18 heavy (non-hydrogen) atoms. The molecule has 0 bridgehead atoms. The fourth-order valence-electron chi connectivity index (χ4n) is 3.11. The van der Waals surface area contributed by atoms with Gasteiger partial charge in [-0.3, -0.25) is 0 Å². The van der Waals surface area contributed by atoms with Gasteiger partial charge < -0.3 is 5.32 Å². The molecule has 0 aromatic carbocycles. The minimum Gasteiger partial charge on any atom is -0.317 e. The van der Waals surface area contributed by atoms with Crippen molar-refractivity contribution >= 4 is 11.9 Å². The Bertz CT molecular complexity index is 296. The van der Waals surface area contributed by atoms with Gasteiger partial charge in [0.25, 0.3) is 5.92 Å². The number of rotatable bonds is 2. The van der Waals surface area contributed by atoms with Crippen LogP contribution in [-0.4, -0.2) is 29.8 Å². The maximum atomic E-state index is 14.1. The predicted molar refractivity (Wildman–Crippen MR) is 74.2 cm³/mol. The maximum absolute atomic E-state index is 14.1. The van der Waals surface area contributed by atoms with Crippen molar-refractivity contribution in [1.29, 1.82) is 0 Å². The summed E-state index contributed by atoms with van der Waals surface area (Å²) in [5.74, 6) is -2.55. The molecule has 2 aliphatic rings. The van der Waals surface area contributed by atoms with Gasteiger partial charge in [-0.25, -0.2) is 8.78 Å². The zero-order valence-electron chi connectivity index (χ0n) is 11.5. The van der Waals surface area contributed by atoms with Crippen molar-refractivity contribution in [2.24, 2.45) is 5.41 Å². The Balaban J connectivity index is 2.10. The molecule has 1 atom stereocenters. The number of nitrogens with one attached hydrogen (secondary N) is 2. The van der Waals surface area contributed by atoms with E-state index in [1.807, 2.05) is 0 Å². The molecule has 1 heterocycles. The van der Waals surface area contributed by atoms with Gasteiger partial charge in [-0.2, -0.15) is 0 Å². The molecule has 0 amide bonds. The van der Waals surface area contributed by atoms with Crippen LogP contribution in [-0.2, 0) is 11.9 Å². The number of alkyl halides is 2. The van der Waals surface area contributed by atoms with Gasteiger partial charge in [-0.1, -0.05) is 0 Å². The van der Waals surface area contributed by atoms with E-state index in [-0.39, 0.29) is 16.6 Å². The molecule has 2 rings (SSSR count). The van der Waals surface area contributed by atoms with E-state index in [0.29, 0.717) is 6.42 Å². The maximum Gasteiger partial charge on any atom is 0.268 e. The summed E-state index contributed by atoms with van der Waals surface area (Å²) in [4.78, 5) is 0. The summed E-state index contributed by atoms with van der Waals surface area (Å²) >= 11 is 0.920. The third-order valence-corrected chi connectivity index (χ3v) is 5.18. The monoisotopic (exact) mass is 279 g/mol.